The van der Waals surface area contributed by atoms with E-state index < -0.39 is 19.8 Å². The minimum Gasteiger partial charge on any atom is -0.458 e. The number of β-lactam (4-membered cyclic amide) rings is 1. The van der Waals surface area contributed by atoms with Crippen LogP contribution in [0.2, 0.25) is 18.1 Å². The van der Waals surface area contributed by atoms with Crippen molar-refractivity contribution in [1.29, 1.82) is 0 Å². The van der Waals surface area contributed by atoms with Crippen LogP contribution in [0.25, 0.3) is 0 Å². The molecule has 0 spiro atoms. The van der Waals surface area contributed by atoms with Gasteiger partial charge in [-0.15, -0.1) is 0 Å². The molecule has 1 aliphatic heterocycles. The summed E-state index contributed by atoms with van der Waals surface area (Å²) >= 11 is 6.45. The number of benzene rings is 1. The molecule has 3 rings (SSSR count). The Morgan fingerprint density at radius 3 is 2.39 bits per heavy atom. The second-order valence-electron chi connectivity index (χ2n) is 10.2. The lowest BCUT2D eigenvalue weighted by atomic mass is 9.80. The van der Waals surface area contributed by atoms with Crippen molar-refractivity contribution in [3.8, 4) is 0 Å². The number of hydrogen-bond donors (Lipinski definition) is 0. The Bertz CT molecular complexity index is 851. The third-order valence-electron chi connectivity index (χ3n) is 6.94. The van der Waals surface area contributed by atoms with Crippen LogP contribution in [0.4, 0.5) is 0 Å². The summed E-state index contributed by atoms with van der Waals surface area (Å²) in [5.74, 6) is -0.906. The molecule has 5 atom stereocenters. The van der Waals surface area contributed by atoms with Crippen molar-refractivity contribution in [1.82, 2.24) is 4.90 Å². The number of hydrogen-bond acceptors (Lipinski definition) is 4. The van der Waals surface area contributed by atoms with Gasteiger partial charge >= 0.3 is 5.97 Å². The SMILES string of the molecule is C=C1CC1[C@@H]1[C@@H]([C@@H](C)O[Si](C)(C)C(C)(C)C)C(=O)N1C(Cl)C(=O)OCc1ccccc1. The van der Waals surface area contributed by atoms with Crippen LogP contribution in [-0.2, 0) is 25.4 Å². The highest BCUT2D eigenvalue weighted by Gasteiger charge is 2.61. The van der Waals surface area contributed by atoms with E-state index in [0.29, 0.717) is 0 Å². The Balaban J connectivity index is 1.69. The Morgan fingerprint density at radius 1 is 1.29 bits per heavy atom. The number of amides is 1. The summed E-state index contributed by atoms with van der Waals surface area (Å²) in [4.78, 5) is 27.2. The average molecular weight is 464 g/mol. The van der Waals surface area contributed by atoms with E-state index >= 15 is 0 Å². The van der Waals surface area contributed by atoms with Gasteiger partial charge in [0.2, 0.25) is 11.4 Å². The molecule has 1 aromatic carbocycles. The van der Waals surface area contributed by atoms with Gasteiger partial charge in [0.1, 0.15) is 6.61 Å². The maximum Gasteiger partial charge on any atom is 0.344 e. The number of carbonyl (C=O) groups is 2. The highest BCUT2D eigenvalue weighted by molar-refractivity contribution is 6.74. The van der Waals surface area contributed by atoms with Crippen molar-refractivity contribution in [3.05, 3.63) is 48.0 Å². The summed E-state index contributed by atoms with van der Waals surface area (Å²) in [6.07, 6.45) is 0.604. The maximum absolute atomic E-state index is 13.1. The van der Waals surface area contributed by atoms with Crippen LogP contribution in [-0.4, -0.2) is 42.7 Å². The van der Waals surface area contributed by atoms with Crippen LogP contribution >= 0.6 is 11.6 Å². The molecule has 1 heterocycles. The summed E-state index contributed by atoms with van der Waals surface area (Å²) in [6, 6.07) is 9.23. The Labute approximate surface area is 191 Å². The van der Waals surface area contributed by atoms with E-state index in [1.165, 1.54) is 4.90 Å². The standard InChI is InChI=1S/C24H34ClNO4Si/c1-15-13-18(15)20-19(16(2)30-31(6,7)24(3,4)5)22(27)26(20)21(25)23(28)29-14-17-11-9-8-10-12-17/h8-12,16,18-21H,1,13-14H2,2-7H3/t16-,18?,19-,20-,21?/m1/s1. The molecule has 1 amide bonds. The molecule has 0 bridgehead atoms. The summed E-state index contributed by atoms with van der Waals surface area (Å²) in [6.45, 7) is 17.1. The topological polar surface area (TPSA) is 55.8 Å². The first-order valence-electron chi connectivity index (χ1n) is 10.9. The van der Waals surface area contributed by atoms with Crippen LogP contribution in [0.3, 0.4) is 0 Å². The first-order valence-corrected chi connectivity index (χ1v) is 14.2. The molecule has 7 heteroatoms. The number of nitrogens with zero attached hydrogens (tertiary/aromatic N) is 1. The van der Waals surface area contributed by atoms with Gasteiger partial charge in [0.25, 0.3) is 0 Å². The fourth-order valence-electron chi connectivity index (χ4n) is 3.95. The van der Waals surface area contributed by atoms with Gasteiger partial charge < -0.3 is 14.1 Å². The lowest BCUT2D eigenvalue weighted by molar-refractivity contribution is -0.174. The van der Waals surface area contributed by atoms with Gasteiger partial charge in [-0.1, -0.05) is 74.9 Å². The molecule has 1 saturated carbocycles. The van der Waals surface area contributed by atoms with Gasteiger partial charge in [0.05, 0.1) is 18.1 Å². The van der Waals surface area contributed by atoms with E-state index in [4.69, 9.17) is 20.8 Å². The van der Waals surface area contributed by atoms with Crippen LogP contribution in [0.5, 0.6) is 0 Å². The lowest BCUT2D eigenvalue weighted by Gasteiger charge is -2.52. The third-order valence-corrected chi connectivity index (χ3v) is 11.9. The maximum atomic E-state index is 13.1. The van der Waals surface area contributed by atoms with Gasteiger partial charge in [0, 0.05) is 5.92 Å². The van der Waals surface area contributed by atoms with E-state index in [2.05, 4.69) is 40.4 Å². The highest BCUT2D eigenvalue weighted by Crippen LogP contribution is 2.51. The monoisotopic (exact) mass is 463 g/mol. The fourth-order valence-corrected chi connectivity index (χ4v) is 5.67. The molecule has 2 unspecified atom stereocenters. The molecule has 31 heavy (non-hydrogen) atoms. The number of rotatable bonds is 8. The van der Waals surface area contributed by atoms with Gasteiger partial charge in [-0.3, -0.25) is 4.79 Å². The molecule has 2 fully saturated rings. The Hall–Kier alpha value is -1.63. The van der Waals surface area contributed by atoms with E-state index in [1.807, 2.05) is 37.3 Å². The number of carbonyl (C=O) groups excluding carboxylic acids is 2. The van der Waals surface area contributed by atoms with Crippen molar-refractivity contribution in [3.63, 3.8) is 0 Å². The van der Waals surface area contributed by atoms with Crippen LogP contribution in [0.1, 0.15) is 39.7 Å². The van der Waals surface area contributed by atoms with E-state index in [-0.39, 0.29) is 41.5 Å². The van der Waals surface area contributed by atoms with E-state index in [0.717, 1.165) is 17.6 Å². The summed E-state index contributed by atoms with van der Waals surface area (Å²) in [5, 5.41) is 0.0443. The van der Waals surface area contributed by atoms with Crippen molar-refractivity contribution >= 4 is 31.8 Å². The van der Waals surface area contributed by atoms with Crippen molar-refractivity contribution in [2.45, 2.75) is 76.5 Å². The molecular formula is C24H34ClNO4Si. The van der Waals surface area contributed by atoms with Crippen molar-refractivity contribution in [2.75, 3.05) is 0 Å². The van der Waals surface area contributed by atoms with E-state index in [9.17, 15) is 9.59 Å². The molecule has 1 aromatic rings. The van der Waals surface area contributed by atoms with Crippen molar-refractivity contribution < 1.29 is 18.8 Å². The fraction of sp³-hybridized carbons (Fsp3) is 0.583. The largest absolute Gasteiger partial charge is 0.458 e. The molecule has 0 radical (unpaired) electrons. The van der Waals surface area contributed by atoms with Gasteiger partial charge in [-0.05, 0) is 37.0 Å². The predicted octanol–water partition coefficient (Wildman–Crippen LogP) is 5.11. The van der Waals surface area contributed by atoms with Crippen LogP contribution < -0.4 is 0 Å². The third kappa shape index (κ3) is 4.91. The van der Waals surface area contributed by atoms with Gasteiger partial charge in [-0.2, -0.15) is 0 Å². The molecule has 0 N–H and O–H groups in total. The first kappa shape index (κ1) is 24.0. The first-order chi connectivity index (χ1) is 14.3. The minimum atomic E-state index is -2.04. The zero-order valence-electron chi connectivity index (χ0n) is 19.4. The number of halogens is 1. The predicted molar refractivity (Wildman–Crippen MR) is 125 cm³/mol. The quantitative estimate of drug-likeness (QED) is 0.134. The lowest BCUT2D eigenvalue weighted by Crippen LogP contribution is -2.69. The van der Waals surface area contributed by atoms with Gasteiger partial charge in [0.15, 0.2) is 8.32 Å². The number of ether oxygens (including phenoxy) is 1. The molecular weight excluding hydrogens is 430 g/mol. The number of likely N-dealkylation sites (tertiary alicyclic amines) is 1. The summed E-state index contributed by atoms with van der Waals surface area (Å²) < 4.78 is 11.9. The smallest absolute Gasteiger partial charge is 0.344 e. The molecule has 5 nitrogen and oxygen atoms in total. The van der Waals surface area contributed by atoms with Crippen LogP contribution in [0, 0.1) is 11.8 Å². The highest BCUT2D eigenvalue weighted by atomic mass is 35.5. The van der Waals surface area contributed by atoms with E-state index in [1.54, 1.807) is 0 Å². The summed E-state index contributed by atoms with van der Waals surface area (Å²) in [7, 11) is -2.04. The number of alkyl halides is 1. The molecule has 1 aliphatic carbocycles. The van der Waals surface area contributed by atoms with Crippen LogP contribution in [0.15, 0.2) is 42.5 Å². The zero-order chi connectivity index (χ0) is 23.1. The Morgan fingerprint density at radius 2 is 1.87 bits per heavy atom. The molecule has 2 aliphatic rings. The second-order valence-corrected chi connectivity index (χ2v) is 15.4. The Kier molecular flexibility index (Phi) is 6.75. The molecule has 170 valence electrons. The zero-order valence-corrected chi connectivity index (χ0v) is 21.1. The minimum absolute atomic E-state index is 0.0443. The molecule has 0 aromatic heterocycles. The van der Waals surface area contributed by atoms with Crippen molar-refractivity contribution in [2.24, 2.45) is 11.8 Å². The second kappa shape index (κ2) is 8.72. The molecule has 1 saturated heterocycles. The average Bonchev–Trinajstić information content (AvgIpc) is 3.38. The summed E-state index contributed by atoms with van der Waals surface area (Å²) in [5.41, 5.74) is 0.815. The normalized spacial score (nSPS) is 25.6. The van der Waals surface area contributed by atoms with Gasteiger partial charge in [-0.25, -0.2) is 4.79 Å². The number of esters is 1.